The van der Waals surface area contributed by atoms with Crippen LogP contribution in [0.15, 0.2) is 91.4 Å². The van der Waals surface area contributed by atoms with Gasteiger partial charge in [-0.25, -0.2) is 0 Å². The first-order valence-corrected chi connectivity index (χ1v) is 8.34. The van der Waals surface area contributed by atoms with E-state index in [1.54, 1.807) is 12.4 Å². The lowest BCUT2D eigenvalue weighted by molar-refractivity contribution is 1.20. The molecule has 0 N–H and O–H groups in total. The minimum atomic E-state index is 0.891. The zero-order chi connectivity index (χ0) is 17.1. The van der Waals surface area contributed by atoms with Crippen molar-refractivity contribution in [2.45, 2.75) is 6.92 Å². The van der Waals surface area contributed by atoms with Gasteiger partial charge in [0, 0.05) is 18.0 Å². The van der Waals surface area contributed by atoms with Crippen LogP contribution in [0.1, 0.15) is 5.56 Å². The smallest absolute Gasteiger partial charge is 0.0891 e. The van der Waals surface area contributed by atoms with E-state index >= 15 is 0 Å². The summed E-state index contributed by atoms with van der Waals surface area (Å²) in [5.41, 5.74) is 8.02. The Morgan fingerprint density at radius 2 is 1.44 bits per heavy atom. The molecule has 1 aromatic heterocycles. The summed E-state index contributed by atoms with van der Waals surface area (Å²) < 4.78 is 0. The Morgan fingerprint density at radius 1 is 0.640 bits per heavy atom. The van der Waals surface area contributed by atoms with Crippen LogP contribution in [0.5, 0.6) is 0 Å². The van der Waals surface area contributed by atoms with Crippen molar-refractivity contribution in [3.63, 3.8) is 0 Å². The van der Waals surface area contributed by atoms with Gasteiger partial charge in [0.05, 0.1) is 11.9 Å². The maximum Gasteiger partial charge on any atom is 0.0891 e. The highest BCUT2D eigenvalue weighted by Crippen LogP contribution is 2.33. The maximum absolute atomic E-state index is 4.48. The molecule has 3 aromatic carbocycles. The lowest BCUT2D eigenvalue weighted by atomic mass is 9.93. The number of rotatable bonds is 3. The molecule has 0 radical (unpaired) electrons. The van der Waals surface area contributed by atoms with Crippen LogP contribution in [0.25, 0.3) is 33.5 Å². The Labute approximate surface area is 147 Å². The van der Waals surface area contributed by atoms with E-state index in [0.29, 0.717) is 0 Å². The van der Waals surface area contributed by atoms with Crippen molar-refractivity contribution in [1.82, 2.24) is 9.97 Å². The molecule has 0 fully saturated rings. The predicted molar refractivity (Wildman–Crippen MR) is 103 cm³/mol. The predicted octanol–water partition coefficient (Wildman–Crippen LogP) is 5.79. The van der Waals surface area contributed by atoms with Gasteiger partial charge in [-0.15, -0.1) is 0 Å². The summed E-state index contributed by atoms with van der Waals surface area (Å²) in [6.07, 6.45) is 5.25. The second kappa shape index (κ2) is 6.70. The molecular weight excluding hydrogens is 304 g/mol. The summed E-state index contributed by atoms with van der Waals surface area (Å²) in [6, 6.07) is 25.6. The highest BCUT2D eigenvalue weighted by molar-refractivity contribution is 5.84. The molecule has 25 heavy (non-hydrogen) atoms. The molecule has 4 aromatic rings. The fourth-order valence-corrected chi connectivity index (χ4v) is 3.06. The van der Waals surface area contributed by atoms with Crippen molar-refractivity contribution < 1.29 is 0 Å². The number of benzene rings is 3. The molecule has 0 amide bonds. The van der Waals surface area contributed by atoms with Crippen molar-refractivity contribution in [3.05, 3.63) is 97.0 Å². The third-order valence-corrected chi connectivity index (χ3v) is 4.29. The van der Waals surface area contributed by atoms with Crippen LogP contribution in [0.3, 0.4) is 0 Å². The van der Waals surface area contributed by atoms with Gasteiger partial charge in [0.2, 0.25) is 0 Å². The summed E-state index contributed by atoms with van der Waals surface area (Å²) in [4.78, 5) is 8.70. The van der Waals surface area contributed by atoms with Gasteiger partial charge >= 0.3 is 0 Å². The third-order valence-electron chi connectivity index (χ3n) is 4.29. The van der Waals surface area contributed by atoms with Crippen LogP contribution in [0.4, 0.5) is 0 Å². The standard InChI is InChI=1S/C23H18N2/c1-17-10-11-21(23-16-24-12-13-25-23)22(14-17)20-9-5-8-19(15-20)18-6-3-2-4-7-18/h2-16H,1H3. The van der Waals surface area contributed by atoms with Gasteiger partial charge in [-0.2, -0.15) is 0 Å². The first-order chi connectivity index (χ1) is 12.3. The zero-order valence-corrected chi connectivity index (χ0v) is 14.1. The van der Waals surface area contributed by atoms with Gasteiger partial charge in [-0.3, -0.25) is 9.97 Å². The summed E-state index contributed by atoms with van der Waals surface area (Å²) in [5.74, 6) is 0. The van der Waals surface area contributed by atoms with Crippen LogP contribution >= 0.6 is 0 Å². The average molecular weight is 322 g/mol. The fraction of sp³-hybridized carbons (Fsp3) is 0.0435. The molecule has 0 aliphatic rings. The summed E-state index contributed by atoms with van der Waals surface area (Å²) >= 11 is 0. The molecule has 0 aliphatic carbocycles. The molecule has 2 heteroatoms. The Kier molecular flexibility index (Phi) is 4.09. The van der Waals surface area contributed by atoms with E-state index in [0.717, 1.165) is 11.3 Å². The van der Waals surface area contributed by atoms with Crippen LogP contribution in [0, 0.1) is 6.92 Å². The zero-order valence-electron chi connectivity index (χ0n) is 14.1. The molecule has 4 rings (SSSR count). The minimum Gasteiger partial charge on any atom is -0.261 e. The maximum atomic E-state index is 4.48. The average Bonchev–Trinajstić information content (AvgIpc) is 2.69. The van der Waals surface area contributed by atoms with Crippen LogP contribution in [-0.4, -0.2) is 9.97 Å². The van der Waals surface area contributed by atoms with Gasteiger partial charge in [0.15, 0.2) is 0 Å². The Morgan fingerprint density at radius 3 is 2.24 bits per heavy atom. The monoisotopic (exact) mass is 322 g/mol. The van der Waals surface area contributed by atoms with Gasteiger partial charge in [-0.1, -0.05) is 72.3 Å². The lowest BCUT2D eigenvalue weighted by Crippen LogP contribution is -1.90. The molecule has 0 atom stereocenters. The molecule has 0 saturated carbocycles. The van der Waals surface area contributed by atoms with E-state index in [1.807, 2.05) is 12.3 Å². The van der Waals surface area contributed by atoms with E-state index in [2.05, 4.69) is 83.6 Å². The summed E-state index contributed by atoms with van der Waals surface area (Å²) in [6.45, 7) is 2.12. The molecule has 2 nitrogen and oxygen atoms in total. The summed E-state index contributed by atoms with van der Waals surface area (Å²) in [7, 11) is 0. The SMILES string of the molecule is Cc1ccc(-c2cnccn2)c(-c2cccc(-c3ccccc3)c2)c1. The molecule has 1 heterocycles. The quantitative estimate of drug-likeness (QED) is 0.477. The molecule has 0 bridgehead atoms. The van der Waals surface area contributed by atoms with E-state index in [4.69, 9.17) is 0 Å². The number of hydrogen-bond donors (Lipinski definition) is 0. The van der Waals surface area contributed by atoms with Crippen LogP contribution < -0.4 is 0 Å². The first-order valence-electron chi connectivity index (χ1n) is 8.34. The van der Waals surface area contributed by atoms with E-state index in [9.17, 15) is 0 Å². The molecular formula is C23H18N2. The van der Waals surface area contributed by atoms with Crippen molar-refractivity contribution in [1.29, 1.82) is 0 Å². The number of hydrogen-bond acceptors (Lipinski definition) is 2. The Balaban J connectivity index is 1.87. The van der Waals surface area contributed by atoms with E-state index in [-0.39, 0.29) is 0 Å². The molecule has 120 valence electrons. The molecule has 0 saturated heterocycles. The topological polar surface area (TPSA) is 25.8 Å². The second-order valence-electron chi connectivity index (χ2n) is 6.09. The second-order valence-corrected chi connectivity index (χ2v) is 6.09. The Hall–Kier alpha value is -3.26. The number of nitrogens with zero attached hydrogens (tertiary/aromatic N) is 2. The minimum absolute atomic E-state index is 0.891. The van der Waals surface area contributed by atoms with Crippen LogP contribution in [-0.2, 0) is 0 Å². The Bertz CT molecular complexity index is 993. The number of aryl methyl sites for hydroxylation is 1. The van der Waals surface area contributed by atoms with Crippen molar-refractivity contribution in [2.75, 3.05) is 0 Å². The van der Waals surface area contributed by atoms with Gasteiger partial charge in [-0.05, 0) is 35.2 Å². The van der Waals surface area contributed by atoms with Crippen molar-refractivity contribution in [3.8, 4) is 33.5 Å². The van der Waals surface area contributed by atoms with Gasteiger partial charge in [0.1, 0.15) is 0 Å². The highest BCUT2D eigenvalue weighted by Gasteiger charge is 2.10. The fourth-order valence-electron chi connectivity index (χ4n) is 3.06. The molecule has 0 unspecified atom stereocenters. The summed E-state index contributed by atoms with van der Waals surface area (Å²) in [5, 5.41) is 0. The number of aromatic nitrogens is 2. The third kappa shape index (κ3) is 3.20. The van der Waals surface area contributed by atoms with Crippen molar-refractivity contribution in [2.24, 2.45) is 0 Å². The van der Waals surface area contributed by atoms with E-state index < -0.39 is 0 Å². The largest absolute Gasteiger partial charge is 0.261 e. The van der Waals surface area contributed by atoms with Gasteiger partial charge < -0.3 is 0 Å². The molecule has 0 spiro atoms. The molecule has 0 aliphatic heterocycles. The van der Waals surface area contributed by atoms with Crippen molar-refractivity contribution >= 4 is 0 Å². The first kappa shape index (κ1) is 15.3. The van der Waals surface area contributed by atoms with E-state index in [1.165, 1.54) is 27.8 Å². The van der Waals surface area contributed by atoms with Crippen LogP contribution in [0.2, 0.25) is 0 Å². The normalized spacial score (nSPS) is 10.6. The lowest BCUT2D eigenvalue weighted by Gasteiger charge is -2.12. The van der Waals surface area contributed by atoms with Gasteiger partial charge in [0.25, 0.3) is 0 Å². The highest BCUT2D eigenvalue weighted by atomic mass is 14.8.